The number of hydrogen-bond donors (Lipinski definition) is 0. The number of ether oxygens (including phenoxy) is 4. The molecule has 2 aliphatic rings. The highest BCUT2D eigenvalue weighted by atomic mass is 19.2. The quantitative estimate of drug-likeness (QED) is 0.576. The SMILES string of the molecule is C/C=C\C1COC(CCC2COC(c3cc(F)c(F)c(F)c3)OC2)OC1. The first-order valence-electron chi connectivity index (χ1n) is 8.80. The van der Waals surface area contributed by atoms with Gasteiger partial charge in [-0.3, -0.25) is 0 Å². The molecule has 0 unspecified atom stereocenters. The number of rotatable bonds is 5. The molecular formula is C19H23F3O4. The van der Waals surface area contributed by atoms with E-state index in [4.69, 9.17) is 18.9 Å². The zero-order valence-electron chi connectivity index (χ0n) is 14.6. The maximum Gasteiger partial charge on any atom is 0.194 e. The van der Waals surface area contributed by atoms with Crippen molar-refractivity contribution >= 4 is 0 Å². The third kappa shape index (κ3) is 4.85. The average molecular weight is 372 g/mol. The second-order valence-corrected chi connectivity index (χ2v) is 6.62. The van der Waals surface area contributed by atoms with Crippen molar-refractivity contribution < 1.29 is 32.1 Å². The van der Waals surface area contributed by atoms with Crippen LogP contribution in [0.1, 0.15) is 31.6 Å². The zero-order chi connectivity index (χ0) is 18.5. The minimum atomic E-state index is -1.49. The molecule has 3 rings (SSSR count). The Balaban J connectivity index is 1.42. The van der Waals surface area contributed by atoms with Crippen LogP contribution in [-0.2, 0) is 18.9 Å². The lowest BCUT2D eigenvalue weighted by Gasteiger charge is -2.32. The lowest BCUT2D eigenvalue weighted by atomic mass is 10.0. The molecule has 0 radical (unpaired) electrons. The topological polar surface area (TPSA) is 36.9 Å². The number of halogens is 3. The first-order chi connectivity index (χ1) is 12.6. The van der Waals surface area contributed by atoms with Crippen molar-refractivity contribution in [1.82, 2.24) is 0 Å². The van der Waals surface area contributed by atoms with Gasteiger partial charge in [0.15, 0.2) is 30.0 Å². The maximum atomic E-state index is 13.3. The Bertz CT molecular complexity index is 598. The van der Waals surface area contributed by atoms with Gasteiger partial charge in [-0.1, -0.05) is 12.2 Å². The zero-order valence-corrected chi connectivity index (χ0v) is 14.6. The average Bonchev–Trinajstić information content (AvgIpc) is 2.66. The van der Waals surface area contributed by atoms with E-state index in [-0.39, 0.29) is 17.8 Å². The predicted octanol–water partition coefficient (Wildman–Crippen LogP) is 4.11. The van der Waals surface area contributed by atoms with Crippen LogP contribution in [0, 0.1) is 29.3 Å². The molecule has 144 valence electrons. The molecule has 2 heterocycles. The highest BCUT2D eigenvalue weighted by Gasteiger charge is 2.27. The Hall–Kier alpha value is -1.41. The van der Waals surface area contributed by atoms with Gasteiger partial charge < -0.3 is 18.9 Å². The minimum Gasteiger partial charge on any atom is -0.352 e. The van der Waals surface area contributed by atoms with Crippen LogP contribution in [0.15, 0.2) is 24.3 Å². The van der Waals surface area contributed by atoms with Crippen LogP contribution in [0.4, 0.5) is 13.2 Å². The molecule has 0 amide bonds. The molecule has 2 fully saturated rings. The molecule has 26 heavy (non-hydrogen) atoms. The van der Waals surface area contributed by atoms with Gasteiger partial charge in [0.1, 0.15) is 0 Å². The Kier molecular flexibility index (Phi) is 6.69. The first kappa shape index (κ1) is 19.4. The molecule has 0 saturated carbocycles. The highest BCUT2D eigenvalue weighted by molar-refractivity contribution is 5.20. The molecule has 2 aliphatic heterocycles. The summed E-state index contributed by atoms with van der Waals surface area (Å²) in [5.41, 5.74) is 0.133. The molecular weight excluding hydrogens is 349 g/mol. The van der Waals surface area contributed by atoms with Crippen molar-refractivity contribution in [1.29, 1.82) is 0 Å². The van der Waals surface area contributed by atoms with Gasteiger partial charge in [0, 0.05) is 17.4 Å². The second kappa shape index (κ2) is 8.99. The van der Waals surface area contributed by atoms with E-state index in [2.05, 4.69) is 6.08 Å². The van der Waals surface area contributed by atoms with Crippen molar-refractivity contribution in [3.8, 4) is 0 Å². The molecule has 0 atom stereocenters. The van der Waals surface area contributed by atoms with Crippen LogP contribution in [0.2, 0.25) is 0 Å². The molecule has 4 nitrogen and oxygen atoms in total. The fourth-order valence-corrected chi connectivity index (χ4v) is 3.09. The third-order valence-corrected chi connectivity index (χ3v) is 4.51. The van der Waals surface area contributed by atoms with Crippen LogP contribution < -0.4 is 0 Å². The van der Waals surface area contributed by atoms with E-state index in [1.54, 1.807) is 0 Å². The standard InChI is InChI=1S/C19H23F3O4/c1-2-3-12-8-23-17(24-9-12)5-4-13-10-25-19(26-11-13)14-6-15(20)18(22)16(21)7-14/h2-3,6-7,12-13,17,19H,4-5,8-11H2,1H3/b3-2-. The lowest BCUT2D eigenvalue weighted by Crippen LogP contribution is -2.33. The molecule has 0 bridgehead atoms. The normalized spacial score (nSPS) is 30.0. The number of allylic oxidation sites excluding steroid dienone is 1. The minimum absolute atomic E-state index is 0.133. The molecule has 0 aromatic heterocycles. The van der Waals surface area contributed by atoms with Crippen molar-refractivity contribution in [2.75, 3.05) is 26.4 Å². The van der Waals surface area contributed by atoms with Gasteiger partial charge in [0.2, 0.25) is 0 Å². The van der Waals surface area contributed by atoms with Crippen LogP contribution in [0.25, 0.3) is 0 Å². The van der Waals surface area contributed by atoms with Crippen LogP contribution in [-0.4, -0.2) is 32.7 Å². The van der Waals surface area contributed by atoms with Crippen molar-refractivity contribution in [2.24, 2.45) is 11.8 Å². The van der Waals surface area contributed by atoms with E-state index < -0.39 is 23.7 Å². The highest BCUT2D eigenvalue weighted by Crippen LogP contribution is 2.29. The maximum absolute atomic E-state index is 13.3. The molecule has 7 heteroatoms. The molecule has 2 saturated heterocycles. The van der Waals surface area contributed by atoms with E-state index in [0.717, 1.165) is 25.0 Å². The van der Waals surface area contributed by atoms with Crippen LogP contribution in [0.3, 0.4) is 0 Å². The van der Waals surface area contributed by atoms with Crippen LogP contribution >= 0.6 is 0 Å². The summed E-state index contributed by atoms with van der Waals surface area (Å²) in [5, 5.41) is 0. The molecule has 0 aliphatic carbocycles. The molecule has 1 aromatic rings. The van der Waals surface area contributed by atoms with Gasteiger partial charge in [0.05, 0.1) is 26.4 Å². The Morgan fingerprint density at radius 1 is 0.923 bits per heavy atom. The van der Waals surface area contributed by atoms with Gasteiger partial charge in [0.25, 0.3) is 0 Å². The summed E-state index contributed by atoms with van der Waals surface area (Å²) in [6.07, 6.45) is 4.46. The summed E-state index contributed by atoms with van der Waals surface area (Å²) < 4.78 is 62.1. The summed E-state index contributed by atoms with van der Waals surface area (Å²) in [6.45, 7) is 4.04. The summed E-state index contributed by atoms with van der Waals surface area (Å²) >= 11 is 0. The first-order valence-corrected chi connectivity index (χ1v) is 8.80. The largest absolute Gasteiger partial charge is 0.352 e. The van der Waals surface area contributed by atoms with E-state index in [1.165, 1.54) is 0 Å². The van der Waals surface area contributed by atoms with Gasteiger partial charge >= 0.3 is 0 Å². The van der Waals surface area contributed by atoms with Crippen molar-refractivity contribution in [3.05, 3.63) is 47.3 Å². The predicted molar refractivity (Wildman–Crippen MR) is 87.7 cm³/mol. The van der Waals surface area contributed by atoms with E-state index in [0.29, 0.717) is 32.3 Å². The van der Waals surface area contributed by atoms with Crippen molar-refractivity contribution in [3.63, 3.8) is 0 Å². The van der Waals surface area contributed by atoms with Crippen LogP contribution in [0.5, 0.6) is 0 Å². The fraction of sp³-hybridized carbons (Fsp3) is 0.579. The van der Waals surface area contributed by atoms with Gasteiger partial charge in [-0.25, -0.2) is 13.2 Å². The molecule has 1 aromatic carbocycles. The molecule has 0 spiro atoms. The molecule has 0 N–H and O–H groups in total. The Morgan fingerprint density at radius 2 is 1.54 bits per heavy atom. The number of hydrogen-bond acceptors (Lipinski definition) is 4. The lowest BCUT2D eigenvalue weighted by molar-refractivity contribution is -0.217. The van der Waals surface area contributed by atoms with Gasteiger partial charge in [-0.05, 0) is 31.9 Å². The van der Waals surface area contributed by atoms with E-state index in [9.17, 15) is 13.2 Å². The summed E-state index contributed by atoms with van der Waals surface area (Å²) in [6, 6.07) is 1.79. The van der Waals surface area contributed by atoms with E-state index in [1.807, 2.05) is 13.0 Å². The fourth-order valence-electron chi connectivity index (χ4n) is 3.09. The Labute approximate surface area is 150 Å². The van der Waals surface area contributed by atoms with Gasteiger partial charge in [-0.2, -0.15) is 0 Å². The summed E-state index contributed by atoms with van der Waals surface area (Å²) in [4.78, 5) is 0. The van der Waals surface area contributed by atoms with Gasteiger partial charge in [-0.15, -0.1) is 0 Å². The smallest absolute Gasteiger partial charge is 0.194 e. The van der Waals surface area contributed by atoms with Crippen molar-refractivity contribution in [2.45, 2.75) is 32.3 Å². The summed E-state index contributed by atoms with van der Waals surface area (Å²) in [7, 11) is 0. The Morgan fingerprint density at radius 3 is 2.12 bits per heavy atom. The monoisotopic (exact) mass is 372 g/mol. The summed E-state index contributed by atoms with van der Waals surface area (Å²) in [5.74, 6) is -3.56. The second-order valence-electron chi connectivity index (χ2n) is 6.62. The van der Waals surface area contributed by atoms with E-state index >= 15 is 0 Å². The third-order valence-electron chi connectivity index (χ3n) is 4.51. The number of benzene rings is 1.